The highest BCUT2D eigenvalue weighted by atomic mass is 35.5. The number of H-pyrrole nitrogens is 1. The molecule has 1 aromatic carbocycles. The molecule has 4 heteroatoms. The average Bonchev–Trinajstić information content (AvgIpc) is 2.82. The van der Waals surface area contributed by atoms with E-state index in [9.17, 15) is 0 Å². The van der Waals surface area contributed by atoms with Crippen molar-refractivity contribution in [2.24, 2.45) is 0 Å². The third-order valence-corrected chi connectivity index (χ3v) is 3.96. The van der Waals surface area contributed by atoms with Gasteiger partial charge in [-0.3, -0.25) is 5.10 Å². The Hall–Kier alpha value is -1.32. The number of aromatic nitrogens is 2. The van der Waals surface area contributed by atoms with Gasteiger partial charge in [0.05, 0.1) is 5.69 Å². The number of fused-ring (bicyclic) bond motifs is 1. The molecule has 100 valence electrons. The van der Waals surface area contributed by atoms with Crippen molar-refractivity contribution in [2.75, 3.05) is 0 Å². The monoisotopic (exact) mass is 275 g/mol. The van der Waals surface area contributed by atoms with E-state index >= 15 is 0 Å². The molecule has 2 N–H and O–H groups in total. The van der Waals surface area contributed by atoms with Gasteiger partial charge in [-0.1, -0.05) is 17.7 Å². The lowest BCUT2D eigenvalue weighted by molar-refractivity contribution is 0.454. The molecule has 2 aromatic rings. The quantitative estimate of drug-likeness (QED) is 0.904. The van der Waals surface area contributed by atoms with E-state index in [1.807, 2.05) is 13.0 Å². The second kappa shape index (κ2) is 5.35. The van der Waals surface area contributed by atoms with Crippen molar-refractivity contribution in [2.45, 2.75) is 38.8 Å². The van der Waals surface area contributed by atoms with E-state index < -0.39 is 0 Å². The van der Waals surface area contributed by atoms with Crippen LogP contribution in [0.1, 0.15) is 28.9 Å². The van der Waals surface area contributed by atoms with E-state index in [1.54, 1.807) is 0 Å². The fraction of sp³-hybridized carbons (Fsp3) is 0.400. The molecule has 0 aliphatic heterocycles. The summed E-state index contributed by atoms with van der Waals surface area (Å²) in [5.74, 6) is 0. The zero-order valence-electron chi connectivity index (χ0n) is 11.0. The predicted octanol–water partition coefficient (Wildman–Crippen LogP) is 3.02. The van der Waals surface area contributed by atoms with Crippen LogP contribution >= 0.6 is 11.6 Å². The first-order chi connectivity index (χ1) is 9.20. The number of aromatic amines is 1. The Bertz CT molecular complexity index is 577. The van der Waals surface area contributed by atoms with E-state index in [1.165, 1.54) is 11.1 Å². The molecular formula is C15H18ClN3. The molecule has 0 saturated heterocycles. The Balaban J connectivity index is 1.61. The Morgan fingerprint density at radius 1 is 1.37 bits per heavy atom. The number of nitrogens with one attached hydrogen (secondary N) is 2. The van der Waals surface area contributed by atoms with Gasteiger partial charge in [0.25, 0.3) is 0 Å². The van der Waals surface area contributed by atoms with Crippen LogP contribution in [0.5, 0.6) is 0 Å². The summed E-state index contributed by atoms with van der Waals surface area (Å²) in [5.41, 5.74) is 5.02. The van der Waals surface area contributed by atoms with Gasteiger partial charge in [0, 0.05) is 23.3 Å². The van der Waals surface area contributed by atoms with Gasteiger partial charge in [0.15, 0.2) is 0 Å². The number of rotatable bonds is 3. The molecule has 3 nitrogen and oxygen atoms in total. The maximum Gasteiger partial charge on any atom is 0.0762 e. The zero-order valence-corrected chi connectivity index (χ0v) is 11.8. The summed E-state index contributed by atoms with van der Waals surface area (Å²) in [6, 6.07) is 8.86. The van der Waals surface area contributed by atoms with E-state index in [0.29, 0.717) is 6.04 Å². The molecule has 1 unspecified atom stereocenters. The SMILES string of the molecule is Cc1cc(CNC2CCc3cc(Cl)ccc3C2)n[nH]1. The lowest BCUT2D eigenvalue weighted by Gasteiger charge is -2.25. The molecule has 0 bridgehead atoms. The van der Waals surface area contributed by atoms with Crippen LogP contribution in [0.2, 0.25) is 5.02 Å². The van der Waals surface area contributed by atoms with Crippen molar-refractivity contribution in [1.29, 1.82) is 0 Å². The van der Waals surface area contributed by atoms with Crippen LogP contribution in [-0.4, -0.2) is 16.2 Å². The van der Waals surface area contributed by atoms with Gasteiger partial charge in [-0.15, -0.1) is 0 Å². The van der Waals surface area contributed by atoms with Crippen LogP contribution in [-0.2, 0) is 19.4 Å². The summed E-state index contributed by atoms with van der Waals surface area (Å²) in [7, 11) is 0. The normalized spacial score (nSPS) is 18.3. The fourth-order valence-corrected chi connectivity index (χ4v) is 2.91. The van der Waals surface area contributed by atoms with Crippen LogP contribution in [0, 0.1) is 6.92 Å². The van der Waals surface area contributed by atoms with E-state index in [0.717, 1.165) is 42.2 Å². The molecule has 1 heterocycles. The second-order valence-corrected chi connectivity index (χ2v) is 5.71. The van der Waals surface area contributed by atoms with E-state index in [4.69, 9.17) is 11.6 Å². The molecule has 1 aliphatic carbocycles. The van der Waals surface area contributed by atoms with Gasteiger partial charge < -0.3 is 5.32 Å². The minimum Gasteiger partial charge on any atom is -0.308 e. The van der Waals surface area contributed by atoms with Crippen molar-refractivity contribution in [1.82, 2.24) is 15.5 Å². The summed E-state index contributed by atoms with van der Waals surface area (Å²) >= 11 is 6.03. The maximum atomic E-state index is 6.03. The lowest BCUT2D eigenvalue weighted by atomic mass is 9.88. The lowest BCUT2D eigenvalue weighted by Crippen LogP contribution is -2.34. The van der Waals surface area contributed by atoms with Gasteiger partial charge in [-0.25, -0.2) is 0 Å². The molecule has 1 atom stereocenters. The van der Waals surface area contributed by atoms with Gasteiger partial charge in [0.1, 0.15) is 0 Å². The highest BCUT2D eigenvalue weighted by Crippen LogP contribution is 2.24. The smallest absolute Gasteiger partial charge is 0.0762 e. The minimum atomic E-state index is 0.533. The summed E-state index contributed by atoms with van der Waals surface area (Å²) in [4.78, 5) is 0. The highest BCUT2D eigenvalue weighted by Gasteiger charge is 2.18. The highest BCUT2D eigenvalue weighted by molar-refractivity contribution is 6.30. The fourth-order valence-electron chi connectivity index (χ4n) is 2.71. The number of nitrogens with zero attached hydrogens (tertiary/aromatic N) is 1. The van der Waals surface area contributed by atoms with E-state index in [-0.39, 0.29) is 0 Å². The molecule has 1 aliphatic rings. The van der Waals surface area contributed by atoms with E-state index in [2.05, 4.69) is 33.7 Å². The number of halogens is 1. The van der Waals surface area contributed by atoms with Crippen molar-refractivity contribution >= 4 is 11.6 Å². The molecule has 0 fully saturated rings. The third-order valence-electron chi connectivity index (χ3n) is 3.73. The Labute approximate surface area is 118 Å². The zero-order chi connectivity index (χ0) is 13.2. The van der Waals surface area contributed by atoms with Crippen LogP contribution < -0.4 is 5.32 Å². The molecule has 0 amide bonds. The average molecular weight is 276 g/mol. The first-order valence-electron chi connectivity index (χ1n) is 6.72. The Morgan fingerprint density at radius 2 is 2.26 bits per heavy atom. The van der Waals surface area contributed by atoms with Gasteiger partial charge in [-0.2, -0.15) is 5.10 Å². The second-order valence-electron chi connectivity index (χ2n) is 5.28. The number of aryl methyl sites for hydroxylation is 2. The first-order valence-corrected chi connectivity index (χ1v) is 7.10. The molecular weight excluding hydrogens is 258 g/mol. The summed E-state index contributed by atoms with van der Waals surface area (Å²) in [5, 5.41) is 11.7. The minimum absolute atomic E-state index is 0.533. The number of hydrogen-bond acceptors (Lipinski definition) is 2. The predicted molar refractivity (Wildman–Crippen MR) is 77.4 cm³/mol. The summed E-state index contributed by atoms with van der Waals surface area (Å²) in [6.07, 6.45) is 3.35. The number of benzene rings is 1. The van der Waals surface area contributed by atoms with Crippen LogP contribution in [0.4, 0.5) is 0 Å². The van der Waals surface area contributed by atoms with Gasteiger partial charge >= 0.3 is 0 Å². The van der Waals surface area contributed by atoms with Crippen molar-refractivity contribution in [3.63, 3.8) is 0 Å². The topological polar surface area (TPSA) is 40.7 Å². The molecule has 1 aromatic heterocycles. The Morgan fingerprint density at radius 3 is 3.05 bits per heavy atom. The van der Waals surface area contributed by atoms with Crippen LogP contribution in [0.15, 0.2) is 24.3 Å². The molecule has 3 rings (SSSR count). The maximum absolute atomic E-state index is 6.03. The standard InChI is InChI=1S/C15H18ClN3/c1-10-6-15(19-18-10)9-17-14-5-3-11-7-13(16)4-2-12(11)8-14/h2,4,6-7,14,17H,3,5,8-9H2,1H3,(H,18,19). The molecule has 19 heavy (non-hydrogen) atoms. The van der Waals surface area contributed by atoms with Crippen LogP contribution in [0.3, 0.4) is 0 Å². The number of hydrogen-bond donors (Lipinski definition) is 2. The summed E-state index contributed by atoms with van der Waals surface area (Å²) in [6.45, 7) is 2.86. The largest absolute Gasteiger partial charge is 0.308 e. The van der Waals surface area contributed by atoms with Crippen molar-refractivity contribution in [3.05, 3.63) is 51.8 Å². The van der Waals surface area contributed by atoms with Gasteiger partial charge in [0.2, 0.25) is 0 Å². The Kier molecular flexibility index (Phi) is 3.58. The molecule has 0 spiro atoms. The van der Waals surface area contributed by atoms with Crippen molar-refractivity contribution < 1.29 is 0 Å². The molecule has 0 saturated carbocycles. The molecule has 0 radical (unpaired) electrons. The summed E-state index contributed by atoms with van der Waals surface area (Å²) < 4.78 is 0. The van der Waals surface area contributed by atoms with Crippen LogP contribution in [0.25, 0.3) is 0 Å². The van der Waals surface area contributed by atoms with Gasteiger partial charge in [-0.05, 0) is 55.5 Å². The van der Waals surface area contributed by atoms with Crippen molar-refractivity contribution in [3.8, 4) is 0 Å². The third kappa shape index (κ3) is 2.99. The first kappa shape index (κ1) is 12.7.